The van der Waals surface area contributed by atoms with E-state index in [1.807, 2.05) is 6.20 Å². The molecule has 1 fully saturated rings. The molecule has 1 aliphatic heterocycles. The monoisotopic (exact) mass is 467 g/mol. The molecule has 0 saturated heterocycles. The Balaban J connectivity index is 1.52. The normalized spacial score (nSPS) is 19.4. The summed E-state index contributed by atoms with van der Waals surface area (Å²) in [5.74, 6) is 2.63. The second kappa shape index (κ2) is 7.98. The van der Waals surface area contributed by atoms with Crippen LogP contribution in [0.4, 0.5) is 11.8 Å². The molecule has 2 atom stereocenters. The third-order valence-electron chi connectivity index (χ3n) is 6.28. The van der Waals surface area contributed by atoms with Crippen molar-refractivity contribution in [1.29, 1.82) is 0 Å². The number of rotatable bonds is 5. The Morgan fingerprint density at radius 1 is 1.20 bits per heavy atom. The van der Waals surface area contributed by atoms with Crippen LogP contribution >= 0.6 is 15.9 Å². The number of fused-ring (bicyclic) bond motifs is 3. The zero-order valence-electron chi connectivity index (χ0n) is 17.3. The smallest absolute Gasteiger partial charge is 0.225 e. The molecule has 1 aliphatic carbocycles. The SMILES string of the molecule is CC[C@@H]1c2nncn2-c2cnc(N[C@@H](C)c3ccc(Br)cc3)nc2N1C1CCCC1. The summed E-state index contributed by atoms with van der Waals surface area (Å²) < 4.78 is 3.13. The fourth-order valence-corrected chi connectivity index (χ4v) is 5.01. The Hall–Kier alpha value is -2.48. The first kappa shape index (κ1) is 19.5. The lowest BCUT2D eigenvalue weighted by Gasteiger charge is -2.40. The number of hydrogen-bond donors (Lipinski definition) is 1. The van der Waals surface area contributed by atoms with Crippen molar-refractivity contribution in [3.8, 4) is 5.69 Å². The van der Waals surface area contributed by atoms with Gasteiger partial charge in [0.1, 0.15) is 12.0 Å². The molecule has 156 valence electrons. The quantitative estimate of drug-likeness (QED) is 0.555. The average Bonchev–Trinajstić information content (AvgIpc) is 3.45. The van der Waals surface area contributed by atoms with Gasteiger partial charge in [0.15, 0.2) is 11.6 Å². The molecule has 30 heavy (non-hydrogen) atoms. The van der Waals surface area contributed by atoms with E-state index in [1.165, 1.54) is 31.2 Å². The van der Waals surface area contributed by atoms with Crippen molar-refractivity contribution in [2.45, 2.75) is 64.1 Å². The van der Waals surface area contributed by atoms with Gasteiger partial charge in [-0.1, -0.05) is 47.8 Å². The van der Waals surface area contributed by atoms with E-state index >= 15 is 0 Å². The summed E-state index contributed by atoms with van der Waals surface area (Å²) in [7, 11) is 0. The van der Waals surface area contributed by atoms with Crippen molar-refractivity contribution in [3.05, 3.63) is 52.7 Å². The van der Waals surface area contributed by atoms with E-state index in [4.69, 9.17) is 4.98 Å². The minimum Gasteiger partial charge on any atom is -0.348 e. The molecular weight excluding hydrogens is 442 g/mol. The third-order valence-corrected chi connectivity index (χ3v) is 6.81. The van der Waals surface area contributed by atoms with Gasteiger partial charge in [-0.2, -0.15) is 4.98 Å². The molecule has 0 radical (unpaired) electrons. The molecule has 1 aromatic carbocycles. The molecule has 0 unspecified atom stereocenters. The number of anilines is 2. The maximum Gasteiger partial charge on any atom is 0.225 e. The van der Waals surface area contributed by atoms with E-state index in [9.17, 15) is 0 Å². The summed E-state index contributed by atoms with van der Waals surface area (Å²) in [4.78, 5) is 12.1. The Bertz CT molecular complexity index is 1030. The van der Waals surface area contributed by atoms with Gasteiger partial charge in [0.05, 0.1) is 18.3 Å². The van der Waals surface area contributed by atoms with Crippen LogP contribution < -0.4 is 10.2 Å². The van der Waals surface area contributed by atoms with Crippen LogP contribution in [-0.4, -0.2) is 30.8 Å². The van der Waals surface area contributed by atoms with Gasteiger partial charge >= 0.3 is 0 Å². The molecule has 8 heteroatoms. The van der Waals surface area contributed by atoms with Gasteiger partial charge in [-0.05, 0) is 43.9 Å². The lowest BCUT2D eigenvalue weighted by molar-refractivity contribution is 0.469. The molecule has 0 bridgehead atoms. The Morgan fingerprint density at radius 2 is 1.97 bits per heavy atom. The van der Waals surface area contributed by atoms with Gasteiger partial charge in [0, 0.05) is 10.5 Å². The zero-order valence-corrected chi connectivity index (χ0v) is 18.9. The molecule has 0 spiro atoms. The van der Waals surface area contributed by atoms with Crippen molar-refractivity contribution in [2.24, 2.45) is 0 Å². The summed E-state index contributed by atoms with van der Waals surface area (Å²) >= 11 is 3.50. The minimum absolute atomic E-state index is 0.104. The van der Waals surface area contributed by atoms with Crippen LogP contribution in [-0.2, 0) is 0 Å². The van der Waals surface area contributed by atoms with E-state index in [1.54, 1.807) is 6.33 Å². The second-order valence-electron chi connectivity index (χ2n) is 8.15. The maximum atomic E-state index is 5.02. The van der Waals surface area contributed by atoms with Crippen molar-refractivity contribution in [3.63, 3.8) is 0 Å². The van der Waals surface area contributed by atoms with Gasteiger partial charge in [-0.25, -0.2) is 4.98 Å². The molecule has 0 amide bonds. The molecule has 7 nitrogen and oxygen atoms in total. The first-order valence-electron chi connectivity index (χ1n) is 10.7. The highest BCUT2D eigenvalue weighted by Crippen LogP contribution is 2.42. The van der Waals surface area contributed by atoms with Crippen molar-refractivity contribution in [1.82, 2.24) is 24.7 Å². The van der Waals surface area contributed by atoms with Crippen LogP contribution in [0, 0.1) is 0 Å². The van der Waals surface area contributed by atoms with Crippen LogP contribution in [0.1, 0.15) is 69.4 Å². The van der Waals surface area contributed by atoms with Crippen LogP contribution in [0.3, 0.4) is 0 Å². The highest BCUT2D eigenvalue weighted by atomic mass is 79.9. The number of aromatic nitrogens is 5. The van der Waals surface area contributed by atoms with Gasteiger partial charge in [-0.15, -0.1) is 10.2 Å². The number of halogens is 1. The van der Waals surface area contributed by atoms with Crippen molar-refractivity contribution >= 4 is 27.7 Å². The Kier molecular flexibility index (Phi) is 5.18. The summed E-state index contributed by atoms with van der Waals surface area (Å²) in [6, 6.07) is 9.13. The van der Waals surface area contributed by atoms with Crippen LogP contribution in [0.15, 0.2) is 41.3 Å². The lowest BCUT2D eigenvalue weighted by atomic mass is 10.0. The standard InChI is InChI=1S/C22H26BrN7/c1-3-18-21-28-25-13-29(21)19-12-24-22(26-14(2)15-8-10-16(23)11-9-15)27-20(19)30(18)17-6-4-5-7-17/h8-14,17-18H,3-7H2,1-2H3,(H,24,26,27)/t14-,18+/m0/s1. The molecule has 5 rings (SSSR count). The molecule has 1 saturated carbocycles. The topological polar surface area (TPSA) is 71.8 Å². The van der Waals surface area contributed by atoms with E-state index < -0.39 is 0 Å². The molecule has 1 N–H and O–H groups in total. The molecule has 3 heterocycles. The van der Waals surface area contributed by atoms with Crippen molar-refractivity contribution in [2.75, 3.05) is 10.2 Å². The third kappa shape index (κ3) is 3.37. The number of hydrogen-bond acceptors (Lipinski definition) is 6. The zero-order chi connectivity index (χ0) is 20.7. The predicted octanol–water partition coefficient (Wildman–Crippen LogP) is 5.21. The van der Waals surface area contributed by atoms with E-state index in [0.29, 0.717) is 12.0 Å². The minimum atomic E-state index is 0.104. The Labute approximate surface area is 185 Å². The van der Waals surface area contributed by atoms with Crippen LogP contribution in [0.25, 0.3) is 5.69 Å². The highest BCUT2D eigenvalue weighted by molar-refractivity contribution is 9.10. The number of nitrogens with zero attached hydrogens (tertiary/aromatic N) is 6. The van der Waals surface area contributed by atoms with Crippen LogP contribution in [0.2, 0.25) is 0 Å². The fourth-order valence-electron chi connectivity index (χ4n) is 4.74. The van der Waals surface area contributed by atoms with Gasteiger partial charge in [-0.3, -0.25) is 4.57 Å². The van der Waals surface area contributed by atoms with Crippen LogP contribution in [0.5, 0.6) is 0 Å². The maximum absolute atomic E-state index is 5.02. The predicted molar refractivity (Wildman–Crippen MR) is 121 cm³/mol. The average molecular weight is 468 g/mol. The molecule has 2 aliphatic rings. The van der Waals surface area contributed by atoms with E-state index in [2.05, 4.69) is 84.0 Å². The largest absolute Gasteiger partial charge is 0.348 e. The van der Waals surface area contributed by atoms with Gasteiger partial charge in [0.2, 0.25) is 5.95 Å². The summed E-state index contributed by atoms with van der Waals surface area (Å²) in [5.41, 5.74) is 2.16. The van der Waals surface area contributed by atoms with E-state index in [-0.39, 0.29) is 12.1 Å². The second-order valence-corrected chi connectivity index (χ2v) is 9.06. The first-order chi connectivity index (χ1) is 14.7. The fraction of sp³-hybridized carbons (Fsp3) is 0.455. The molecule has 3 aromatic rings. The first-order valence-corrected chi connectivity index (χ1v) is 11.5. The summed E-state index contributed by atoms with van der Waals surface area (Å²) in [6.07, 6.45) is 9.60. The van der Waals surface area contributed by atoms with Gasteiger partial charge in [0.25, 0.3) is 0 Å². The number of nitrogens with one attached hydrogen (secondary N) is 1. The summed E-state index contributed by atoms with van der Waals surface area (Å²) in [6.45, 7) is 4.35. The Morgan fingerprint density at radius 3 is 2.70 bits per heavy atom. The highest BCUT2D eigenvalue weighted by Gasteiger charge is 2.38. The van der Waals surface area contributed by atoms with Gasteiger partial charge < -0.3 is 10.2 Å². The number of benzene rings is 1. The lowest BCUT2D eigenvalue weighted by Crippen LogP contribution is -2.42. The van der Waals surface area contributed by atoms with Crippen molar-refractivity contribution < 1.29 is 0 Å². The van der Waals surface area contributed by atoms with E-state index in [0.717, 1.165) is 28.2 Å². The molecule has 2 aromatic heterocycles. The molecular formula is C22H26BrN7. The summed E-state index contributed by atoms with van der Waals surface area (Å²) in [5, 5.41) is 12.1.